The Labute approximate surface area is 89.6 Å². The molecule has 0 spiro atoms. The van der Waals surface area contributed by atoms with E-state index in [1.165, 1.54) is 0 Å². The van der Waals surface area contributed by atoms with Crippen LogP contribution < -0.4 is 5.40 Å². The van der Waals surface area contributed by atoms with E-state index in [1.807, 2.05) is 13.5 Å². The van der Waals surface area contributed by atoms with Gasteiger partial charge in [0.2, 0.25) is 0 Å². The molecule has 0 aliphatic rings. The van der Waals surface area contributed by atoms with Gasteiger partial charge in [0.25, 0.3) is 0 Å². The van der Waals surface area contributed by atoms with Crippen molar-refractivity contribution in [2.45, 2.75) is 58.6 Å². The molecule has 0 rings (SSSR count). The number of hydrogen-bond donors (Lipinski definition) is 1. The molecule has 0 amide bonds. The molecule has 3 nitrogen and oxygen atoms in total. The first-order valence-electron chi connectivity index (χ1n) is 5.54. The molecule has 2 unspecified atom stereocenters. The lowest BCUT2D eigenvalue weighted by Crippen LogP contribution is -2.46. The van der Waals surface area contributed by atoms with Gasteiger partial charge in [0, 0.05) is 6.61 Å². The highest BCUT2D eigenvalue weighted by molar-refractivity contribution is 6.54. The zero-order chi connectivity index (χ0) is 11.2. The predicted octanol–water partition coefficient (Wildman–Crippen LogP) is 1.80. The van der Waals surface area contributed by atoms with E-state index >= 15 is 0 Å². The van der Waals surface area contributed by atoms with Crippen LogP contribution in [0.1, 0.15) is 40.5 Å². The minimum Gasteiger partial charge on any atom is -0.355 e. The van der Waals surface area contributed by atoms with Crippen molar-refractivity contribution in [2.75, 3.05) is 6.61 Å². The fourth-order valence-electron chi connectivity index (χ4n) is 1.15. The van der Waals surface area contributed by atoms with Crippen molar-refractivity contribution in [3.63, 3.8) is 0 Å². The molecule has 0 fully saturated rings. The molecule has 14 heavy (non-hydrogen) atoms. The van der Waals surface area contributed by atoms with Crippen LogP contribution >= 0.6 is 0 Å². The fourth-order valence-corrected chi connectivity index (χ4v) is 2.19. The summed E-state index contributed by atoms with van der Waals surface area (Å²) in [5.74, 6) is -0.148. The first kappa shape index (κ1) is 14.1. The van der Waals surface area contributed by atoms with Gasteiger partial charge in [-0.25, -0.2) is 0 Å². The molecule has 2 N–H and O–H groups in total. The van der Waals surface area contributed by atoms with E-state index in [2.05, 4.69) is 20.8 Å². The SMILES string of the molecule is CCOC(OC(C)(CC)CC)[SiH](C)N. The second-order valence-corrected chi connectivity index (χ2v) is 6.22. The standard InChI is InChI=1S/C10H25NO2Si/c1-6-10(4,7-2)13-9(12-8-3)14(5)11/h9,14H,6-8,11H2,1-5H3. The second-order valence-electron chi connectivity index (χ2n) is 3.96. The van der Waals surface area contributed by atoms with E-state index in [4.69, 9.17) is 14.9 Å². The molecule has 0 saturated carbocycles. The van der Waals surface area contributed by atoms with Gasteiger partial charge in [0.15, 0.2) is 14.9 Å². The molecule has 0 heterocycles. The molecule has 0 radical (unpaired) electrons. The summed E-state index contributed by atoms with van der Waals surface area (Å²) in [6.45, 7) is 11.1. The predicted molar refractivity (Wildman–Crippen MR) is 62.7 cm³/mol. The topological polar surface area (TPSA) is 44.5 Å². The fraction of sp³-hybridized carbons (Fsp3) is 1.00. The molecular weight excluding hydrogens is 194 g/mol. The summed E-state index contributed by atoms with van der Waals surface area (Å²) in [6.07, 6.45) is 1.99. The third-order valence-corrected chi connectivity index (χ3v) is 3.84. The summed E-state index contributed by atoms with van der Waals surface area (Å²) in [5.41, 5.74) is -0.0829. The lowest BCUT2D eigenvalue weighted by Gasteiger charge is -2.33. The summed E-state index contributed by atoms with van der Waals surface area (Å²) in [6, 6.07) is 0. The van der Waals surface area contributed by atoms with Crippen molar-refractivity contribution < 1.29 is 9.47 Å². The number of hydrogen-bond acceptors (Lipinski definition) is 3. The Morgan fingerprint density at radius 3 is 2.07 bits per heavy atom. The van der Waals surface area contributed by atoms with Crippen molar-refractivity contribution in [3.8, 4) is 0 Å². The van der Waals surface area contributed by atoms with Crippen molar-refractivity contribution in [1.82, 2.24) is 0 Å². The molecule has 0 saturated heterocycles. The van der Waals surface area contributed by atoms with Crippen molar-refractivity contribution in [2.24, 2.45) is 5.40 Å². The van der Waals surface area contributed by atoms with E-state index in [0.29, 0.717) is 6.61 Å². The van der Waals surface area contributed by atoms with Crippen molar-refractivity contribution in [1.29, 1.82) is 0 Å². The monoisotopic (exact) mass is 219 g/mol. The van der Waals surface area contributed by atoms with Gasteiger partial charge < -0.3 is 14.9 Å². The first-order valence-corrected chi connectivity index (χ1v) is 8.02. The van der Waals surface area contributed by atoms with Crippen LogP contribution in [0, 0.1) is 0 Å². The van der Waals surface area contributed by atoms with Crippen LogP contribution in [0.4, 0.5) is 0 Å². The van der Waals surface area contributed by atoms with Crippen LogP contribution in [0.15, 0.2) is 0 Å². The molecule has 0 aliphatic heterocycles. The van der Waals surface area contributed by atoms with Crippen LogP contribution in [-0.4, -0.2) is 27.1 Å². The maximum Gasteiger partial charge on any atom is 0.169 e. The lowest BCUT2D eigenvalue weighted by atomic mass is 10.0. The summed E-state index contributed by atoms with van der Waals surface area (Å²) in [4.78, 5) is 0. The van der Waals surface area contributed by atoms with Crippen molar-refractivity contribution >= 4 is 8.96 Å². The molecule has 2 atom stereocenters. The number of rotatable bonds is 7. The molecular formula is C10H25NO2Si. The largest absolute Gasteiger partial charge is 0.355 e. The Balaban J connectivity index is 4.25. The maximum atomic E-state index is 5.95. The van der Waals surface area contributed by atoms with Gasteiger partial charge >= 0.3 is 0 Å². The molecule has 4 heteroatoms. The van der Waals surface area contributed by atoms with Gasteiger partial charge in [-0.1, -0.05) is 20.4 Å². The Hall–Kier alpha value is 0.0969. The van der Waals surface area contributed by atoms with E-state index < -0.39 is 8.96 Å². The van der Waals surface area contributed by atoms with E-state index in [1.54, 1.807) is 0 Å². The number of ether oxygens (including phenoxy) is 2. The number of nitrogens with two attached hydrogens (primary N) is 1. The molecule has 86 valence electrons. The quantitative estimate of drug-likeness (QED) is 0.524. The highest BCUT2D eigenvalue weighted by atomic mass is 28.3. The van der Waals surface area contributed by atoms with Gasteiger partial charge in [-0.05, 0) is 26.7 Å². The van der Waals surface area contributed by atoms with E-state index in [9.17, 15) is 0 Å². The highest BCUT2D eigenvalue weighted by Crippen LogP contribution is 2.22. The van der Waals surface area contributed by atoms with Crippen molar-refractivity contribution in [3.05, 3.63) is 0 Å². The van der Waals surface area contributed by atoms with Crippen LogP contribution in [-0.2, 0) is 9.47 Å². The summed E-state index contributed by atoms with van der Waals surface area (Å²) in [5, 5.41) is 5.93. The Morgan fingerprint density at radius 1 is 1.29 bits per heavy atom. The zero-order valence-electron chi connectivity index (χ0n) is 10.2. The van der Waals surface area contributed by atoms with Crippen LogP contribution in [0.3, 0.4) is 0 Å². The van der Waals surface area contributed by atoms with Crippen LogP contribution in [0.5, 0.6) is 0 Å². The Morgan fingerprint density at radius 2 is 1.79 bits per heavy atom. The third kappa shape index (κ3) is 4.55. The lowest BCUT2D eigenvalue weighted by molar-refractivity contribution is -0.167. The van der Waals surface area contributed by atoms with Gasteiger partial charge in [-0.3, -0.25) is 0 Å². The van der Waals surface area contributed by atoms with E-state index in [-0.39, 0.29) is 11.5 Å². The van der Waals surface area contributed by atoms with Gasteiger partial charge in [0.1, 0.15) is 0 Å². The molecule has 0 aromatic rings. The normalized spacial score (nSPS) is 16.7. The summed E-state index contributed by atoms with van der Waals surface area (Å²) in [7, 11) is -1.38. The smallest absolute Gasteiger partial charge is 0.169 e. The zero-order valence-corrected chi connectivity index (χ0v) is 11.3. The average molecular weight is 219 g/mol. The maximum absolute atomic E-state index is 5.95. The summed E-state index contributed by atoms with van der Waals surface area (Å²) < 4.78 is 11.5. The first-order chi connectivity index (χ1) is 6.49. The van der Waals surface area contributed by atoms with Crippen LogP contribution in [0.25, 0.3) is 0 Å². The average Bonchev–Trinajstić information content (AvgIpc) is 2.17. The molecule has 0 aromatic carbocycles. The Bertz CT molecular complexity index is 149. The van der Waals surface area contributed by atoms with Crippen LogP contribution in [0.2, 0.25) is 6.55 Å². The second kappa shape index (κ2) is 6.56. The van der Waals surface area contributed by atoms with Gasteiger partial charge in [-0.2, -0.15) is 0 Å². The summed E-state index contributed by atoms with van der Waals surface area (Å²) >= 11 is 0. The minimum absolute atomic E-state index is 0.0829. The Kier molecular flexibility index (Phi) is 6.60. The van der Waals surface area contributed by atoms with Gasteiger partial charge in [-0.15, -0.1) is 0 Å². The molecule has 0 aliphatic carbocycles. The third-order valence-electron chi connectivity index (χ3n) is 2.66. The van der Waals surface area contributed by atoms with E-state index in [0.717, 1.165) is 12.8 Å². The molecule has 0 aromatic heterocycles. The van der Waals surface area contributed by atoms with Gasteiger partial charge in [0.05, 0.1) is 5.60 Å². The minimum atomic E-state index is -1.38. The highest BCUT2D eigenvalue weighted by Gasteiger charge is 2.27. The molecule has 0 bridgehead atoms.